The highest BCUT2D eigenvalue weighted by atomic mass is 35.5. The molecule has 2 rings (SSSR count). The first kappa shape index (κ1) is 16.4. The third kappa shape index (κ3) is 4.47. The molecule has 3 heteroatoms. The summed E-state index contributed by atoms with van der Waals surface area (Å²) in [6.45, 7) is 5.12. The molecule has 0 heterocycles. The van der Waals surface area contributed by atoms with Crippen LogP contribution in [-0.4, -0.2) is 6.54 Å². The van der Waals surface area contributed by atoms with Crippen LogP contribution < -0.4 is 5.32 Å². The maximum atomic E-state index is 6.35. The Hall–Kier alpha value is -1.02. The Morgan fingerprint density at radius 2 is 1.76 bits per heavy atom. The van der Waals surface area contributed by atoms with Gasteiger partial charge in [0.15, 0.2) is 0 Å². The van der Waals surface area contributed by atoms with Crippen LogP contribution in [-0.2, 0) is 6.42 Å². The van der Waals surface area contributed by atoms with Crippen LogP contribution >= 0.6 is 23.2 Å². The van der Waals surface area contributed by atoms with Crippen molar-refractivity contribution in [2.24, 2.45) is 0 Å². The average molecular weight is 322 g/mol. The van der Waals surface area contributed by atoms with Crippen LogP contribution in [0.5, 0.6) is 0 Å². The van der Waals surface area contributed by atoms with Crippen molar-refractivity contribution in [1.29, 1.82) is 0 Å². The van der Waals surface area contributed by atoms with Crippen molar-refractivity contribution in [1.82, 2.24) is 5.32 Å². The molecule has 0 fully saturated rings. The van der Waals surface area contributed by atoms with Crippen molar-refractivity contribution < 1.29 is 0 Å². The largest absolute Gasteiger partial charge is 0.310 e. The third-order valence-electron chi connectivity index (χ3n) is 3.65. The van der Waals surface area contributed by atoms with E-state index in [0.717, 1.165) is 24.9 Å². The fourth-order valence-electron chi connectivity index (χ4n) is 2.47. The van der Waals surface area contributed by atoms with Gasteiger partial charge < -0.3 is 5.32 Å². The summed E-state index contributed by atoms with van der Waals surface area (Å²) in [4.78, 5) is 0. The lowest BCUT2D eigenvalue weighted by Gasteiger charge is -2.20. The number of benzene rings is 2. The molecule has 1 unspecified atom stereocenters. The standard InChI is InChI=1S/C18H21Cl2N/c1-3-21-17(15-5-4-6-16(19)18(15)20)12-11-14-9-7-13(2)8-10-14/h4-10,17,21H,3,11-12H2,1-2H3. The van der Waals surface area contributed by atoms with Crippen LogP contribution in [0.3, 0.4) is 0 Å². The summed E-state index contributed by atoms with van der Waals surface area (Å²) < 4.78 is 0. The van der Waals surface area contributed by atoms with E-state index in [2.05, 4.69) is 49.5 Å². The van der Waals surface area contributed by atoms with Gasteiger partial charge in [-0.3, -0.25) is 0 Å². The topological polar surface area (TPSA) is 12.0 Å². The van der Waals surface area contributed by atoms with E-state index in [9.17, 15) is 0 Å². The van der Waals surface area contributed by atoms with Gasteiger partial charge in [-0.25, -0.2) is 0 Å². The van der Waals surface area contributed by atoms with E-state index in [4.69, 9.17) is 23.2 Å². The molecule has 0 amide bonds. The Kier molecular flexibility index (Phi) is 6.10. The van der Waals surface area contributed by atoms with Crippen molar-refractivity contribution in [2.45, 2.75) is 32.7 Å². The maximum Gasteiger partial charge on any atom is 0.0640 e. The summed E-state index contributed by atoms with van der Waals surface area (Å²) in [6, 6.07) is 14.8. The second-order valence-corrected chi connectivity index (χ2v) is 6.06. The van der Waals surface area contributed by atoms with Crippen LogP contribution in [0.25, 0.3) is 0 Å². The fraction of sp³-hybridized carbons (Fsp3) is 0.333. The van der Waals surface area contributed by atoms with Crippen LogP contribution in [0.1, 0.15) is 36.1 Å². The molecule has 1 nitrogen and oxygen atoms in total. The average Bonchev–Trinajstić information content (AvgIpc) is 2.48. The fourth-order valence-corrected chi connectivity index (χ4v) is 2.91. The normalized spacial score (nSPS) is 12.4. The van der Waals surface area contributed by atoms with Crippen molar-refractivity contribution in [3.05, 3.63) is 69.2 Å². The van der Waals surface area contributed by atoms with Gasteiger partial charge in [0.25, 0.3) is 0 Å². The third-order valence-corrected chi connectivity index (χ3v) is 4.48. The molecule has 0 saturated heterocycles. The molecule has 0 spiro atoms. The quantitative estimate of drug-likeness (QED) is 0.731. The number of hydrogen-bond donors (Lipinski definition) is 1. The maximum absolute atomic E-state index is 6.35. The van der Waals surface area contributed by atoms with Crippen LogP contribution in [0.2, 0.25) is 10.0 Å². The lowest BCUT2D eigenvalue weighted by atomic mass is 9.98. The van der Waals surface area contributed by atoms with Gasteiger partial charge in [0.2, 0.25) is 0 Å². The van der Waals surface area contributed by atoms with E-state index >= 15 is 0 Å². The molecule has 0 aliphatic rings. The van der Waals surface area contributed by atoms with E-state index in [-0.39, 0.29) is 6.04 Å². The first-order chi connectivity index (χ1) is 10.1. The number of halogens is 2. The zero-order valence-corrected chi connectivity index (χ0v) is 14.0. The molecular weight excluding hydrogens is 301 g/mol. The van der Waals surface area contributed by atoms with E-state index in [1.807, 2.05) is 12.1 Å². The predicted molar refractivity (Wildman–Crippen MR) is 92.4 cm³/mol. The first-order valence-corrected chi connectivity index (χ1v) is 8.10. The zero-order valence-electron chi connectivity index (χ0n) is 12.5. The number of hydrogen-bond acceptors (Lipinski definition) is 1. The molecule has 2 aromatic rings. The Labute approximate surface area is 137 Å². The van der Waals surface area contributed by atoms with Gasteiger partial charge in [0.1, 0.15) is 0 Å². The number of rotatable bonds is 6. The monoisotopic (exact) mass is 321 g/mol. The first-order valence-electron chi connectivity index (χ1n) is 7.34. The summed E-state index contributed by atoms with van der Waals surface area (Å²) in [7, 11) is 0. The zero-order chi connectivity index (χ0) is 15.2. The van der Waals surface area contributed by atoms with Crippen molar-refractivity contribution in [3.8, 4) is 0 Å². The molecule has 0 bridgehead atoms. The van der Waals surface area contributed by atoms with E-state index in [0.29, 0.717) is 10.0 Å². The summed E-state index contributed by atoms with van der Waals surface area (Å²) >= 11 is 12.5. The minimum absolute atomic E-state index is 0.225. The Bertz CT molecular complexity index is 578. The highest BCUT2D eigenvalue weighted by Gasteiger charge is 2.15. The molecule has 1 atom stereocenters. The van der Waals surface area contributed by atoms with Gasteiger partial charge in [-0.05, 0) is 43.5 Å². The molecule has 0 saturated carbocycles. The molecule has 112 valence electrons. The van der Waals surface area contributed by atoms with Crippen LogP contribution in [0.4, 0.5) is 0 Å². The van der Waals surface area contributed by atoms with Gasteiger partial charge in [-0.2, -0.15) is 0 Å². The van der Waals surface area contributed by atoms with Crippen LogP contribution in [0.15, 0.2) is 42.5 Å². The highest BCUT2D eigenvalue weighted by molar-refractivity contribution is 6.42. The summed E-state index contributed by atoms with van der Waals surface area (Å²) in [6.07, 6.45) is 2.01. The minimum Gasteiger partial charge on any atom is -0.310 e. The lowest BCUT2D eigenvalue weighted by Crippen LogP contribution is -2.22. The van der Waals surface area contributed by atoms with E-state index < -0.39 is 0 Å². The van der Waals surface area contributed by atoms with Crippen molar-refractivity contribution in [2.75, 3.05) is 6.54 Å². The second kappa shape index (κ2) is 7.84. The predicted octanol–water partition coefficient (Wildman–Crippen LogP) is 5.59. The van der Waals surface area contributed by atoms with Crippen molar-refractivity contribution >= 4 is 23.2 Å². The van der Waals surface area contributed by atoms with Crippen molar-refractivity contribution in [3.63, 3.8) is 0 Å². The molecule has 21 heavy (non-hydrogen) atoms. The van der Waals surface area contributed by atoms with Crippen LogP contribution in [0, 0.1) is 6.92 Å². The molecule has 0 aliphatic heterocycles. The van der Waals surface area contributed by atoms with Gasteiger partial charge in [-0.1, -0.05) is 72.1 Å². The molecule has 2 aromatic carbocycles. The second-order valence-electron chi connectivity index (χ2n) is 5.28. The van der Waals surface area contributed by atoms with E-state index in [1.165, 1.54) is 11.1 Å². The SMILES string of the molecule is CCNC(CCc1ccc(C)cc1)c1cccc(Cl)c1Cl. The van der Waals surface area contributed by atoms with Gasteiger partial charge >= 0.3 is 0 Å². The molecular formula is C18H21Cl2N. The summed E-state index contributed by atoms with van der Waals surface area (Å²) in [5, 5.41) is 4.78. The lowest BCUT2D eigenvalue weighted by molar-refractivity contribution is 0.515. The smallest absolute Gasteiger partial charge is 0.0640 e. The molecule has 0 radical (unpaired) electrons. The molecule has 0 aromatic heterocycles. The summed E-state index contributed by atoms with van der Waals surface area (Å²) in [5.41, 5.74) is 3.72. The van der Waals surface area contributed by atoms with Gasteiger partial charge in [-0.15, -0.1) is 0 Å². The molecule has 0 aliphatic carbocycles. The number of nitrogens with one attached hydrogen (secondary N) is 1. The van der Waals surface area contributed by atoms with Gasteiger partial charge in [0.05, 0.1) is 10.0 Å². The Morgan fingerprint density at radius 1 is 1.05 bits per heavy atom. The van der Waals surface area contributed by atoms with E-state index in [1.54, 1.807) is 0 Å². The Morgan fingerprint density at radius 3 is 2.43 bits per heavy atom. The summed E-state index contributed by atoms with van der Waals surface area (Å²) in [5.74, 6) is 0. The van der Waals surface area contributed by atoms with Gasteiger partial charge in [0, 0.05) is 6.04 Å². The highest BCUT2D eigenvalue weighted by Crippen LogP contribution is 2.31. The minimum atomic E-state index is 0.225. The number of aryl methyl sites for hydroxylation is 2. The Balaban J connectivity index is 2.12. The molecule has 1 N–H and O–H groups in total.